The van der Waals surface area contributed by atoms with Crippen LogP contribution in [0.4, 0.5) is 0 Å². The molecule has 2 heteroatoms. The zero-order valence-corrected chi connectivity index (χ0v) is 13.0. The van der Waals surface area contributed by atoms with Crippen LogP contribution >= 0.6 is 0 Å². The fourth-order valence-electron chi connectivity index (χ4n) is 2.86. The van der Waals surface area contributed by atoms with Crippen molar-refractivity contribution in [2.45, 2.75) is 32.1 Å². The summed E-state index contributed by atoms with van der Waals surface area (Å²) in [4.78, 5) is 0. The Labute approximate surface area is 133 Å². The summed E-state index contributed by atoms with van der Waals surface area (Å²) >= 11 is 0. The average molecular weight is 296 g/mol. The molecule has 0 fully saturated rings. The lowest BCUT2D eigenvalue weighted by Gasteiger charge is -2.24. The Kier molecular flexibility index (Phi) is 5.36. The Balaban J connectivity index is 1.74. The van der Waals surface area contributed by atoms with Crippen molar-refractivity contribution in [1.82, 2.24) is 0 Å². The molecule has 0 bridgehead atoms. The number of benzene rings is 1. The van der Waals surface area contributed by atoms with Crippen molar-refractivity contribution in [2.75, 3.05) is 13.2 Å². The largest absolute Gasteiger partial charge is 0.498 e. The Morgan fingerprint density at radius 3 is 2.41 bits per heavy atom. The molecule has 116 valence electrons. The van der Waals surface area contributed by atoms with Gasteiger partial charge < -0.3 is 9.47 Å². The quantitative estimate of drug-likeness (QED) is 0.753. The highest BCUT2D eigenvalue weighted by molar-refractivity contribution is 5.49. The monoisotopic (exact) mass is 296 g/mol. The van der Waals surface area contributed by atoms with Gasteiger partial charge in [-0.25, -0.2) is 0 Å². The third kappa shape index (κ3) is 4.27. The highest BCUT2D eigenvalue weighted by Crippen LogP contribution is 2.28. The minimum atomic E-state index is 0.268. The van der Waals surface area contributed by atoms with Crippen LogP contribution in [0.3, 0.4) is 0 Å². The predicted octanol–water partition coefficient (Wildman–Crippen LogP) is 5.09. The highest BCUT2D eigenvalue weighted by Gasteiger charge is 2.18. The first-order chi connectivity index (χ1) is 10.9. The van der Waals surface area contributed by atoms with Crippen molar-refractivity contribution in [3.8, 4) is 0 Å². The van der Waals surface area contributed by atoms with Gasteiger partial charge in [0, 0.05) is 12.3 Å². The molecule has 1 atom stereocenters. The summed E-state index contributed by atoms with van der Waals surface area (Å²) in [6, 6.07) is 10.4. The molecule has 2 heterocycles. The number of hydrogen-bond donors (Lipinski definition) is 0. The number of rotatable bonds is 5. The van der Waals surface area contributed by atoms with Crippen LogP contribution in [0.25, 0.3) is 6.08 Å². The summed E-state index contributed by atoms with van der Waals surface area (Å²) < 4.78 is 11.7. The van der Waals surface area contributed by atoms with Gasteiger partial charge in [0.1, 0.15) is 0 Å². The summed E-state index contributed by atoms with van der Waals surface area (Å²) in [5.74, 6) is 2.49. The molecule has 0 saturated heterocycles. The van der Waals surface area contributed by atoms with Gasteiger partial charge in [0.05, 0.1) is 24.7 Å². The second-order valence-corrected chi connectivity index (χ2v) is 5.84. The van der Waals surface area contributed by atoms with Gasteiger partial charge in [0.2, 0.25) is 0 Å². The van der Waals surface area contributed by atoms with Crippen molar-refractivity contribution in [2.24, 2.45) is 5.92 Å². The van der Waals surface area contributed by atoms with Gasteiger partial charge in [0.25, 0.3) is 0 Å². The molecular weight excluding hydrogens is 272 g/mol. The summed E-state index contributed by atoms with van der Waals surface area (Å²) in [6.07, 6.45) is 14.3. The zero-order valence-electron chi connectivity index (χ0n) is 13.0. The van der Waals surface area contributed by atoms with Crippen LogP contribution in [0, 0.1) is 5.92 Å². The van der Waals surface area contributed by atoms with Gasteiger partial charge in [0.15, 0.2) is 0 Å². The average Bonchev–Trinajstić information content (AvgIpc) is 2.61. The van der Waals surface area contributed by atoms with Crippen LogP contribution in [0.1, 0.15) is 37.7 Å². The lowest BCUT2D eigenvalue weighted by atomic mass is 9.96. The van der Waals surface area contributed by atoms with E-state index in [1.54, 1.807) is 0 Å². The summed E-state index contributed by atoms with van der Waals surface area (Å²) in [5, 5.41) is 0. The second kappa shape index (κ2) is 7.88. The molecule has 0 N–H and O–H groups in total. The Bertz CT molecular complexity index is 554. The molecule has 3 rings (SSSR count). The van der Waals surface area contributed by atoms with Crippen LogP contribution in [0.5, 0.6) is 0 Å². The smallest absolute Gasteiger partial charge is 0.0993 e. The van der Waals surface area contributed by atoms with Crippen molar-refractivity contribution in [3.63, 3.8) is 0 Å². The molecule has 0 aliphatic carbocycles. The van der Waals surface area contributed by atoms with Gasteiger partial charge in [-0.15, -0.1) is 0 Å². The molecule has 1 aromatic rings. The molecule has 2 aliphatic heterocycles. The molecule has 0 amide bonds. The third-order valence-corrected chi connectivity index (χ3v) is 4.08. The van der Waals surface area contributed by atoms with Gasteiger partial charge in [-0.3, -0.25) is 0 Å². The first-order valence-corrected chi connectivity index (χ1v) is 8.30. The van der Waals surface area contributed by atoms with Crippen molar-refractivity contribution in [1.29, 1.82) is 0 Å². The molecule has 0 spiro atoms. The first kappa shape index (κ1) is 15.0. The topological polar surface area (TPSA) is 18.5 Å². The summed E-state index contributed by atoms with van der Waals surface area (Å²) in [7, 11) is 0. The molecule has 22 heavy (non-hydrogen) atoms. The van der Waals surface area contributed by atoms with Gasteiger partial charge in [-0.1, -0.05) is 42.5 Å². The Morgan fingerprint density at radius 2 is 1.73 bits per heavy atom. The normalized spacial score (nSPS) is 19.8. The van der Waals surface area contributed by atoms with Crippen LogP contribution in [-0.4, -0.2) is 13.2 Å². The van der Waals surface area contributed by atoms with Gasteiger partial charge >= 0.3 is 0 Å². The Hall–Kier alpha value is -1.96. The maximum absolute atomic E-state index is 5.90. The SMILES string of the molecule is C1=C(CC(/C=C/c2ccccc2)C2=CCCCO2)OCCC1. The van der Waals surface area contributed by atoms with E-state index < -0.39 is 0 Å². The third-order valence-electron chi connectivity index (χ3n) is 4.08. The maximum Gasteiger partial charge on any atom is 0.0993 e. The van der Waals surface area contributed by atoms with Crippen LogP contribution < -0.4 is 0 Å². The maximum atomic E-state index is 5.90. The molecule has 0 saturated carbocycles. The van der Waals surface area contributed by atoms with E-state index >= 15 is 0 Å². The first-order valence-electron chi connectivity index (χ1n) is 8.30. The van der Waals surface area contributed by atoms with E-state index in [1.165, 1.54) is 5.56 Å². The molecular formula is C20H24O2. The van der Waals surface area contributed by atoms with Crippen LogP contribution in [-0.2, 0) is 9.47 Å². The van der Waals surface area contributed by atoms with E-state index in [0.717, 1.165) is 56.8 Å². The van der Waals surface area contributed by atoms with Crippen molar-refractivity contribution < 1.29 is 9.47 Å². The van der Waals surface area contributed by atoms with Crippen molar-refractivity contribution >= 4 is 6.08 Å². The van der Waals surface area contributed by atoms with Crippen LogP contribution in [0.15, 0.2) is 60.1 Å². The van der Waals surface area contributed by atoms with E-state index in [1.807, 2.05) is 6.07 Å². The summed E-state index contributed by atoms with van der Waals surface area (Å²) in [5.41, 5.74) is 1.22. The zero-order chi connectivity index (χ0) is 15.0. The lowest BCUT2D eigenvalue weighted by molar-refractivity contribution is 0.148. The molecule has 0 aromatic heterocycles. The van der Waals surface area contributed by atoms with E-state index in [4.69, 9.17) is 9.47 Å². The van der Waals surface area contributed by atoms with E-state index in [-0.39, 0.29) is 5.92 Å². The number of allylic oxidation sites excluding steroid dienone is 4. The summed E-state index contributed by atoms with van der Waals surface area (Å²) in [6.45, 7) is 1.68. The molecule has 0 radical (unpaired) electrons. The lowest BCUT2D eigenvalue weighted by Crippen LogP contribution is -2.13. The molecule has 1 aromatic carbocycles. The number of ether oxygens (including phenoxy) is 2. The number of hydrogen-bond acceptors (Lipinski definition) is 2. The predicted molar refractivity (Wildman–Crippen MR) is 90.1 cm³/mol. The molecule has 2 aliphatic rings. The molecule has 1 unspecified atom stereocenters. The van der Waals surface area contributed by atoms with E-state index in [0.29, 0.717) is 0 Å². The van der Waals surface area contributed by atoms with Gasteiger partial charge in [-0.2, -0.15) is 0 Å². The van der Waals surface area contributed by atoms with E-state index in [2.05, 4.69) is 48.6 Å². The van der Waals surface area contributed by atoms with Crippen molar-refractivity contribution in [3.05, 3.63) is 65.6 Å². The van der Waals surface area contributed by atoms with Crippen LogP contribution in [0.2, 0.25) is 0 Å². The minimum absolute atomic E-state index is 0.268. The standard InChI is InChI=1S/C20H24O2/c1-2-8-17(9-3-1)12-13-18(20-11-5-7-15-22-20)16-19-10-4-6-14-21-19/h1-3,8-13,18H,4-7,14-16H2/b13-12+. The Morgan fingerprint density at radius 1 is 0.955 bits per heavy atom. The fraction of sp³-hybridized carbons (Fsp3) is 0.400. The molecule has 2 nitrogen and oxygen atoms in total. The second-order valence-electron chi connectivity index (χ2n) is 5.84. The van der Waals surface area contributed by atoms with E-state index in [9.17, 15) is 0 Å². The highest BCUT2D eigenvalue weighted by atomic mass is 16.5. The fourth-order valence-corrected chi connectivity index (χ4v) is 2.86. The minimum Gasteiger partial charge on any atom is -0.498 e. The van der Waals surface area contributed by atoms with Gasteiger partial charge in [-0.05, 0) is 43.4 Å².